The number of nitrogens with zero attached hydrogens (tertiary/aromatic N) is 2. The van der Waals surface area contributed by atoms with Crippen LogP contribution < -0.4 is 5.32 Å². The summed E-state index contributed by atoms with van der Waals surface area (Å²) in [4.78, 5) is 20.1. The highest BCUT2D eigenvalue weighted by Gasteiger charge is 2.24. The van der Waals surface area contributed by atoms with Crippen molar-refractivity contribution in [2.24, 2.45) is 5.92 Å². The number of amides is 1. The van der Waals surface area contributed by atoms with Crippen LogP contribution in [0.3, 0.4) is 0 Å². The summed E-state index contributed by atoms with van der Waals surface area (Å²) in [5, 5.41) is 2.82. The van der Waals surface area contributed by atoms with Gasteiger partial charge in [0.1, 0.15) is 5.82 Å². The first-order valence-corrected chi connectivity index (χ1v) is 6.97. The Morgan fingerprint density at radius 3 is 2.48 bits per heavy atom. The minimum Gasteiger partial charge on any atom is -0.356 e. The summed E-state index contributed by atoms with van der Waals surface area (Å²) < 4.78 is 0. The van der Waals surface area contributed by atoms with Gasteiger partial charge in [-0.15, -0.1) is 0 Å². The Kier molecular flexibility index (Phi) is 3.92. The Morgan fingerprint density at radius 1 is 1.10 bits per heavy atom. The molecule has 0 saturated carbocycles. The molecule has 1 saturated heterocycles. The van der Waals surface area contributed by atoms with Gasteiger partial charge in [0.15, 0.2) is 0 Å². The standard InChI is InChI=1S/C17H15N3O/c21-17-15(8-9-18-17)10-16-19-11-14(12-20-16)7-6-13-4-2-1-3-5-13/h1-5,11-12,15H,8-10H2,(H,18,21). The van der Waals surface area contributed by atoms with E-state index in [0.29, 0.717) is 12.2 Å². The molecule has 2 aromatic rings. The van der Waals surface area contributed by atoms with Crippen molar-refractivity contribution in [1.82, 2.24) is 15.3 Å². The van der Waals surface area contributed by atoms with Gasteiger partial charge < -0.3 is 5.32 Å². The number of nitrogens with one attached hydrogen (secondary N) is 1. The topological polar surface area (TPSA) is 54.9 Å². The molecule has 0 aliphatic carbocycles. The van der Waals surface area contributed by atoms with E-state index in [0.717, 1.165) is 24.1 Å². The number of hydrogen-bond donors (Lipinski definition) is 1. The first-order valence-electron chi connectivity index (χ1n) is 6.97. The van der Waals surface area contributed by atoms with Crippen LogP contribution in [0.5, 0.6) is 0 Å². The summed E-state index contributed by atoms with van der Waals surface area (Å²) in [6, 6.07) is 9.79. The number of hydrogen-bond acceptors (Lipinski definition) is 3. The van der Waals surface area contributed by atoms with Crippen LogP contribution in [0, 0.1) is 17.8 Å². The monoisotopic (exact) mass is 277 g/mol. The van der Waals surface area contributed by atoms with E-state index < -0.39 is 0 Å². The molecule has 1 amide bonds. The van der Waals surface area contributed by atoms with Gasteiger partial charge in [-0.3, -0.25) is 4.79 Å². The number of carbonyl (C=O) groups excluding carboxylic acids is 1. The van der Waals surface area contributed by atoms with Gasteiger partial charge in [0, 0.05) is 36.8 Å². The highest BCUT2D eigenvalue weighted by Crippen LogP contribution is 2.13. The predicted molar refractivity (Wildman–Crippen MR) is 79.3 cm³/mol. The van der Waals surface area contributed by atoms with Crippen LogP contribution >= 0.6 is 0 Å². The van der Waals surface area contributed by atoms with Gasteiger partial charge >= 0.3 is 0 Å². The Morgan fingerprint density at radius 2 is 1.81 bits per heavy atom. The van der Waals surface area contributed by atoms with Gasteiger partial charge in [-0.1, -0.05) is 30.0 Å². The molecule has 1 fully saturated rings. The van der Waals surface area contributed by atoms with E-state index in [1.165, 1.54) is 0 Å². The van der Waals surface area contributed by atoms with Crippen molar-refractivity contribution in [3.8, 4) is 11.8 Å². The second-order valence-corrected chi connectivity index (χ2v) is 4.98. The summed E-state index contributed by atoms with van der Waals surface area (Å²) in [5.41, 5.74) is 1.74. The molecule has 1 unspecified atom stereocenters. The van der Waals surface area contributed by atoms with E-state index in [9.17, 15) is 4.79 Å². The molecule has 2 heterocycles. The maximum atomic E-state index is 11.5. The molecule has 1 aromatic carbocycles. The van der Waals surface area contributed by atoms with Crippen molar-refractivity contribution < 1.29 is 4.79 Å². The smallest absolute Gasteiger partial charge is 0.223 e. The summed E-state index contributed by atoms with van der Waals surface area (Å²) >= 11 is 0. The zero-order valence-electron chi connectivity index (χ0n) is 11.5. The van der Waals surface area contributed by atoms with Gasteiger partial charge in [0.2, 0.25) is 5.91 Å². The third kappa shape index (κ3) is 3.46. The predicted octanol–water partition coefficient (Wildman–Crippen LogP) is 1.55. The maximum Gasteiger partial charge on any atom is 0.223 e. The molecule has 3 rings (SSSR count). The molecule has 1 atom stereocenters. The van der Waals surface area contributed by atoms with Crippen molar-refractivity contribution in [2.45, 2.75) is 12.8 Å². The van der Waals surface area contributed by atoms with Crippen molar-refractivity contribution in [3.63, 3.8) is 0 Å². The molecule has 1 aromatic heterocycles. The van der Waals surface area contributed by atoms with Gasteiger partial charge in [0.25, 0.3) is 0 Å². The number of rotatable bonds is 2. The Labute approximate surface area is 123 Å². The second-order valence-electron chi connectivity index (χ2n) is 4.98. The molecule has 1 aliphatic rings. The van der Waals surface area contributed by atoms with E-state index in [4.69, 9.17) is 0 Å². The largest absolute Gasteiger partial charge is 0.356 e. The average Bonchev–Trinajstić information content (AvgIpc) is 2.93. The Bertz CT molecular complexity index is 683. The van der Waals surface area contributed by atoms with Crippen LogP contribution in [-0.4, -0.2) is 22.4 Å². The first kappa shape index (κ1) is 13.3. The molecule has 0 radical (unpaired) electrons. The highest BCUT2D eigenvalue weighted by molar-refractivity contribution is 5.80. The highest BCUT2D eigenvalue weighted by atomic mass is 16.2. The van der Waals surface area contributed by atoms with Crippen LogP contribution in [0.1, 0.15) is 23.4 Å². The van der Waals surface area contributed by atoms with Gasteiger partial charge in [-0.05, 0) is 18.6 Å². The third-order valence-electron chi connectivity index (χ3n) is 3.42. The zero-order chi connectivity index (χ0) is 14.5. The summed E-state index contributed by atoms with van der Waals surface area (Å²) in [6.07, 6.45) is 4.88. The molecule has 4 heteroatoms. The van der Waals surface area contributed by atoms with E-state index in [-0.39, 0.29) is 11.8 Å². The molecule has 104 valence electrons. The summed E-state index contributed by atoms with van der Waals surface area (Å²) in [6.45, 7) is 0.754. The molecule has 21 heavy (non-hydrogen) atoms. The minimum absolute atomic E-state index is 0.00579. The molecular formula is C17H15N3O. The van der Waals surface area contributed by atoms with Crippen molar-refractivity contribution in [1.29, 1.82) is 0 Å². The number of carbonyl (C=O) groups is 1. The quantitative estimate of drug-likeness (QED) is 0.847. The fraction of sp³-hybridized carbons (Fsp3) is 0.235. The fourth-order valence-electron chi connectivity index (χ4n) is 2.25. The molecule has 0 spiro atoms. The van der Waals surface area contributed by atoms with Gasteiger partial charge in [-0.25, -0.2) is 9.97 Å². The van der Waals surface area contributed by atoms with Crippen LogP contribution in [-0.2, 0) is 11.2 Å². The molecule has 1 N–H and O–H groups in total. The summed E-state index contributed by atoms with van der Waals surface area (Å²) in [5.74, 6) is 6.91. The lowest BCUT2D eigenvalue weighted by Crippen LogP contribution is -2.21. The zero-order valence-corrected chi connectivity index (χ0v) is 11.5. The van der Waals surface area contributed by atoms with Crippen LogP contribution in [0.25, 0.3) is 0 Å². The van der Waals surface area contributed by atoms with Crippen molar-refractivity contribution in [3.05, 3.63) is 59.7 Å². The Balaban J connectivity index is 1.67. The van der Waals surface area contributed by atoms with Crippen molar-refractivity contribution in [2.75, 3.05) is 6.54 Å². The molecule has 4 nitrogen and oxygen atoms in total. The van der Waals surface area contributed by atoms with Crippen LogP contribution in [0.15, 0.2) is 42.7 Å². The number of benzene rings is 1. The van der Waals surface area contributed by atoms with E-state index in [1.54, 1.807) is 12.4 Å². The molecular weight excluding hydrogens is 262 g/mol. The normalized spacial score (nSPS) is 17.0. The van der Waals surface area contributed by atoms with Gasteiger partial charge in [0.05, 0.1) is 5.56 Å². The lowest BCUT2D eigenvalue weighted by atomic mass is 10.0. The SMILES string of the molecule is O=C1NCCC1Cc1ncc(C#Cc2ccccc2)cn1. The lowest BCUT2D eigenvalue weighted by Gasteiger charge is -2.04. The number of aromatic nitrogens is 2. The lowest BCUT2D eigenvalue weighted by molar-refractivity contribution is -0.122. The minimum atomic E-state index is 0.00579. The van der Waals surface area contributed by atoms with E-state index in [1.807, 2.05) is 30.3 Å². The second kappa shape index (κ2) is 6.19. The van der Waals surface area contributed by atoms with Crippen molar-refractivity contribution >= 4 is 5.91 Å². The average molecular weight is 277 g/mol. The first-order chi connectivity index (χ1) is 10.3. The van der Waals surface area contributed by atoms with E-state index >= 15 is 0 Å². The molecule has 0 bridgehead atoms. The van der Waals surface area contributed by atoms with E-state index in [2.05, 4.69) is 27.1 Å². The van der Waals surface area contributed by atoms with Gasteiger partial charge in [-0.2, -0.15) is 0 Å². The molecule has 1 aliphatic heterocycles. The van der Waals surface area contributed by atoms with Crippen LogP contribution in [0.4, 0.5) is 0 Å². The fourth-order valence-corrected chi connectivity index (χ4v) is 2.25. The third-order valence-corrected chi connectivity index (χ3v) is 3.42. The maximum absolute atomic E-state index is 11.5. The Hall–Kier alpha value is -2.67. The summed E-state index contributed by atoms with van der Waals surface area (Å²) in [7, 11) is 0. The van der Waals surface area contributed by atoms with Crippen LogP contribution in [0.2, 0.25) is 0 Å².